The second-order valence-corrected chi connectivity index (χ2v) is 4.65. The Bertz CT molecular complexity index is 436. The summed E-state index contributed by atoms with van der Waals surface area (Å²) in [6.45, 7) is 5.74. The SMILES string of the molecule is CCCNc1ncnc(N(C)CCC(=O)NC)c1CC. The highest BCUT2D eigenvalue weighted by Gasteiger charge is 2.13. The molecule has 0 aromatic carbocycles. The summed E-state index contributed by atoms with van der Waals surface area (Å²) >= 11 is 0. The number of carbonyl (C=O) groups excluding carboxylic acids is 1. The molecule has 0 fully saturated rings. The predicted octanol–water partition coefficient (Wildman–Crippen LogP) is 1.43. The van der Waals surface area contributed by atoms with Crippen LogP contribution in [0.5, 0.6) is 0 Å². The molecule has 1 amide bonds. The predicted molar refractivity (Wildman–Crippen MR) is 82.1 cm³/mol. The fourth-order valence-corrected chi connectivity index (χ4v) is 1.95. The maximum atomic E-state index is 11.3. The Balaban J connectivity index is 2.84. The van der Waals surface area contributed by atoms with Crippen molar-refractivity contribution in [3.8, 4) is 0 Å². The van der Waals surface area contributed by atoms with Gasteiger partial charge < -0.3 is 15.5 Å². The third kappa shape index (κ3) is 4.36. The molecule has 0 atom stereocenters. The summed E-state index contributed by atoms with van der Waals surface area (Å²) in [4.78, 5) is 22.0. The first-order chi connectivity index (χ1) is 9.63. The number of hydrogen-bond acceptors (Lipinski definition) is 5. The lowest BCUT2D eigenvalue weighted by Gasteiger charge is -2.22. The molecule has 20 heavy (non-hydrogen) atoms. The van der Waals surface area contributed by atoms with Crippen LogP contribution >= 0.6 is 0 Å². The zero-order valence-electron chi connectivity index (χ0n) is 12.9. The molecular weight excluding hydrogens is 254 g/mol. The number of amides is 1. The van der Waals surface area contributed by atoms with Crippen LogP contribution in [-0.4, -0.2) is 43.1 Å². The van der Waals surface area contributed by atoms with Crippen LogP contribution in [-0.2, 0) is 11.2 Å². The van der Waals surface area contributed by atoms with Crippen molar-refractivity contribution in [2.75, 3.05) is 37.4 Å². The average molecular weight is 279 g/mol. The van der Waals surface area contributed by atoms with Crippen LogP contribution < -0.4 is 15.5 Å². The Hall–Kier alpha value is -1.85. The Morgan fingerprint density at radius 2 is 2.10 bits per heavy atom. The standard InChI is InChI=1S/C14H25N5O/c1-5-8-16-13-11(6-2)14(18-10-17-13)19(4)9-7-12(20)15-3/h10H,5-9H2,1-4H3,(H,15,20)(H,16,17,18). The molecule has 112 valence electrons. The minimum absolute atomic E-state index is 0.0355. The highest BCUT2D eigenvalue weighted by Crippen LogP contribution is 2.23. The highest BCUT2D eigenvalue weighted by molar-refractivity contribution is 5.76. The van der Waals surface area contributed by atoms with Crippen molar-refractivity contribution >= 4 is 17.5 Å². The molecule has 0 bridgehead atoms. The van der Waals surface area contributed by atoms with Crippen LogP contribution in [0.3, 0.4) is 0 Å². The summed E-state index contributed by atoms with van der Waals surface area (Å²) in [6, 6.07) is 0. The van der Waals surface area contributed by atoms with Crippen molar-refractivity contribution in [1.82, 2.24) is 15.3 Å². The number of hydrogen-bond donors (Lipinski definition) is 2. The van der Waals surface area contributed by atoms with E-state index in [0.717, 1.165) is 36.6 Å². The van der Waals surface area contributed by atoms with Gasteiger partial charge in [0, 0.05) is 39.2 Å². The number of nitrogens with one attached hydrogen (secondary N) is 2. The van der Waals surface area contributed by atoms with Crippen molar-refractivity contribution in [3.05, 3.63) is 11.9 Å². The second kappa shape index (κ2) is 8.35. The van der Waals surface area contributed by atoms with Crippen LogP contribution in [0.4, 0.5) is 11.6 Å². The van der Waals surface area contributed by atoms with E-state index in [0.29, 0.717) is 13.0 Å². The van der Waals surface area contributed by atoms with Gasteiger partial charge in [0.25, 0.3) is 0 Å². The van der Waals surface area contributed by atoms with E-state index >= 15 is 0 Å². The quantitative estimate of drug-likeness (QED) is 0.753. The van der Waals surface area contributed by atoms with Gasteiger partial charge in [-0.05, 0) is 12.8 Å². The maximum Gasteiger partial charge on any atom is 0.221 e. The molecule has 0 saturated heterocycles. The van der Waals surface area contributed by atoms with Crippen molar-refractivity contribution < 1.29 is 4.79 Å². The third-order valence-corrected chi connectivity index (χ3v) is 3.13. The molecule has 1 rings (SSSR count). The van der Waals surface area contributed by atoms with E-state index in [-0.39, 0.29) is 5.91 Å². The van der Waals surface area contributed by atoms with Crippen LogP contribution in [0.15, 0.2) is 6.33 Å². The van der Waals surface area contributed by atoms with Crippen LogP contribution in [0.2, 0.25) is 0 Å². The molecule has 0 saturated carbocycles. The number of anilines is 2. The van der Waals surface area contributed by atoms with Gasteiger partial charge >= 0.3 is 0 Å². The number of nitrogens with zero attached hydrogens (tertiary/aromatic N) is 3. The summed E-state index contributed by atoms with van der Waals surface area (Å²) < 4.78 is 0. The second-order valence-electron chi connectivity index (χ2n) is 4.65. The molecule has 6 nitrogen and oxygen atoms in total. The van der Waals surface area contributed by atoms with Gasteiger partial charge in [-0.25, -0.2) is 9.97 Å². The normalized spacial score (nSPS) is 10.2. The van der Waals surface area contributed by atoms with Crippen LogP contribution in [0, 0.1) is 0 Å². The zero-order valence-corrected chi connectivity index (χ0v) is 12.9. The van der Waals surface area contributed by atoms with Crippen LogP contribution in [0.25, 0.3) is 0 Å². The van der Waals surface area contributed by atoms with E-state index in [2.05, 4.69) is 34.4 Å². The highest BCUT2D eigenvalue weighted by atomic mass is 16.1. The Morgan fingerprint density at radius 1 is 1.35 bits per heavy atom. The van der Waals surface area contributed by atoms with Crippen molar-refractivity contribution in [3.63, 3.8) is 0 Å². The summed E-state index contributed by atoms with van der Waals surface area (Å²) in [5.74, 6) is 1.82. The lowest BCUT2D eigenvalue weighted by molar-refractivity contribution is -0.120. The third-order valence-electron chi connectivity index (χ3n) is 3.13. The molecule has 1 aromatic rings. The minimum atomic E-state index is 0.0355. The van der Waals surface area contributed by atoms with Crippen LogP contribution in [0.1, 0.15) is 32.3 Å². The van der Waals surface area contributed by atoms with E-state index in [1.807, 2.05) is 11.9 Å². The molecule has 0 unspecified atom stereocenters. The van der Waals surface area contributed by atoms with E-state index in [1.165, 1.54) is 0 Å². The maximum absolute atomic E-state index is 11.3. The Morgan fingerprint density at radius 3 is 2.70 bits per heavy atom. The number of aromatic nitrogens is 2. The Kier molecular flexibility index (Phi) is 6.76. The molecular formula is C14H25N5O. The van der Waals surface area contributed by atoms with Crippen molar-refractivity contribution in [2.24, 2.45) is 0 Å². The first-order valence-electron chi connectivity index (χ1n) is 7.13. The number of carbonyl (C=O) groups is 1. The monoisotopic (exact) mass is 279 g/mol. The van der Waals surface area contributed by atoms with E-state index in [1.54, 1.807) is 13.4 Å². The zero-order chi connectivity index (χ0) is 15.0. The van der Waals surface area contributed by atoms with Gasteiger partial charge in [-0.15, -0.1) is 0 Å². The molecule has 1 aromatic heterocycles. The largest absolute Gasteiger partial charge is 0.370 e. The van der Waals surface area contributed by atoms with Gasteiger partial charge in [0.1, 0.15) is 18.0 Å². The fourth-order valence-electron chi connectivity index (χ4n) is 1.95. The van der Waals surface area contributed by atoms with Gasteiger partial charge in [-0.3, -0.25) is 4.79 Å². The van der Waals surface area contributed by atoms with Crippen molar-refractivity contribution in [2.45, 2.75) is 33.1 Å². The first kappa shape index (κ1) is 16.2. The summed E-state index contributed by atoms with van der Waals surface area (Å²) in [5.41, 5.74) is 1.10. The van der Waals surface area contributed by atoms with E-state index in [9.17, 15) is 4.79 Å². The molecule has 0 aliphatic carbocycles. The molecule has 2 N–H and O–H groups in total. The molecule has 0 aliphatic rings. The first-order valence-corrected chi connectivity index (χ1v) is 7.13. The molecule has 0 radical (unpaired) electrons. The average Bonchev–Trinajstić information content (AvgIpc) is 2.49. The molecule has 0 spiro atoms. The minimum Gasteiger partial charge on any atom is -0.370 e. The lowest BCUT2D eigenvalue weighted by Crippen LogP contribution is -2.28. The summed E-state index contributed by atoms with van der Waals surface area (Å²) in [6.07, 6.45) is 3.93. The van der Waals surface area contributed by atoms with Gasteiger partial charge in [0.2, 0.25) is 5.91 Å². The fraction of sp³-hybridized carbons (Fsp3) is 0.643. The van der Waals surface area contributed by atoms with Gasteiger partial charge in [0.15, 0.2) is 0 Å². The van der Waals surface area contributed by atoms with Gasteiger partial charge in [-0.1, -0.05) is 13.8 Å². The topological polar surface area (TPSA) is 70.2 Å². The van der Waals surface area contributed by atoms with Crippen molar-refractivity contribution in [1.29, 1.82) is 0 Å². The molecule has 6 heteroatoms. The molecule has 0 aliphatic heterocycles. The number of rotatable bonds is 8. The van der Waals surface area contributed by atoms with E-state index in [4.69, 9.17) is 0 Å². The van der Waals surface area contributed by atoms with Gasteiger partial charge in [-0.2, -0.15) is 0 Å². The summed E-state index contributed by atoms with van der Waals surface area (Å²) in [7, 11) is 3.60. The van der Waals surface area contributed by atoms with Gasteiger partial charge in [0.05, 0.1) is 0 Å². The summed E-state index contributed by atoms with van der Waals surface area (Å²) in [5, 5.41) is 5.96. The smallest absolute Gasteiger partial charge is 0.221 e. The van der Waals surface area contributed by atoms with E-state index < -0.39 is 0 Å². The molecule has 1 heterocycles. The lowest BCUT2D eigenvalue weighted by atomic mass is 10.2. The Labute approximate surface area is 121 Å².